The summed E-state index contributed by atoms with van der Waals surface area (Å²) in [7, 11) is 1.39. The van der Waals surface area contributed by atoms with E-state index in [-0.39, 0.29) is 5.97 Å². The first-order valence-electron chi connectivity index (χ1n) is 5.57. The lowest BCUT2D eigenvalue weighted by Gasteiger charge is -2.12. The van der Waals surface area contributed by atoms with Gasteiger partial charge in [-0.15, -0.1) is 0 Å². The SMILES string of the molecule is COC(=O)c1ccc(CNC(C)CSC)cc1. The van der Waals surface area contributed by atoms with Crippen molar-refractivity contribution in [2.24, 2.45) is 0 Å². The van der Waals surface area contributed by atoms with Gasteiger partial charge in [-0.25, -0.2) is 4.79 Å². The minimum absolute atomic E-state index is 0.291. The van der Waals surface area contributed by atoms with Crippen molar-refractivity contribution in [1.82, 2.24) is 5.32 Å². The Morgan fingerprint density at radius 2 is 2.06 bits per heavy atom. The van der Waals surface area contributed by atoms with Crippen molar-refractivity contribution in [2.45, 2.75) is 19.5 Å². The molecule has 0 spiro atoms. The van der Waals surface area contributed by atoms with Gasteiger partial charge in [0.25, 0.3) is 0 Å². The highest BCUT2D eigenvalue weighted by molar-refractivity contribution is 7.98. The molecular weight excluding hydrogens is 234 g/mol. The van der Waals surface area contributed by atoms with E-state index in [1.54, 1.807) is 12.1 Å². The van der Waals surface area contributed by atoms with E-state index < -0.39 is 0 Å². The molecule has 0 saturated carbocycles. The van der Waals surface area contributed by atoms with Gasteiger partial charge in [-0.1, -0.05) is 12.1 Å². The highest BCUT2D eigenvalue weighted by Gasteiger charge is 2.05. The highest BCUT2D eigenvalue weighted by Crippen LogP contribution is 2.06. The second-order valence-electron chi connectivity index (χ2n) is 3.93. The summed E-state index contributed by atoms with van der Waals surface area (Å²) in [6, 6.07) is 7.98. The average Bonchev–Trinajstić information content (AvgIpc) is 2.36. The summed E-state index contributed by atoms with van der Waals surface area (Å²) in [5.74, 6) is 0.806. The number of hydrogen-bond donors (Lipinski definition) is 1. The third-order valence-corrected chi connectivity index (χ3v) is 3.28. The van der Waals surface area contributed by atoms with E-state index in [1.165, 1.54) is 12.7 Å². The van der Waals surface area contributed by atoms with Gasteiger partial charge in [0, 0.05) is 18.3 Å². The van der Waals surface area contributed by atoms with Crippen molar-refractivity contribution in [3.8, 4) is 0 Å². The van der Waals surface area contributed by atoms with Gasteiger partial charge in [-0.3, -0.25) is 0 Å². The van der Waals surface area contributed by atoms with E-state index in [4.69, 9.17) is 0 Å². The molecule has 1 atom stereocenters. The van der Waals surface area contributed by atoms with Crippen molar-refractivity contribution in [3.05, 3.63) is 35.4 Å². The molecule has 1 unspecified atom stereocenters. The fraction of sp³-hybridized carbons (Fsp3) is 0.462. The van der Waals surface area contributed by atoms with Crippen molar-refractivity contribution in [2.75, 3.05) is 19.1 Å². The molecule has 1 aromatic rings. The molecular formula is C13H19NO2S. The Morgan fingerprint density at radius 1 is 1.41 bits per heavy atom. The second-order valence-corrected chi connectivity index (χ2v) is 4.84. The fourth-order valence-corrected chi connectivity index (χ4v) is 2.10. The maximum Gasteiger partial charge on any atom is 0.337 e. The number of carbonyl (C=O) groups excluding carboxylic acids is 1. The van der Waals surface area contributed by atoms with Gasteiger partial charge in [0.05, 0.1) is 12.7 Å². The number of benzene rings is 1. The van der Waals surface area contributed by atoms with Gasteiger partial charge < -0.3 is 10.1 Å². The molecule has 17 heavy (non-hydrogen) atoms. The molecule has 0 fully saturated rings. The number of rotatable bonds is 6. The van der Waals surface area contributed by atoms with E-state index in [9.17, 15) is 4.79 Å². The van der Waals surface area contributed by atoms with Crippen LogP contribution in [0.1, 0.15) is 22.8 Å². The Balaban J connectivity index is 2.48. The van der Waals surface area contributed by atoms with Gasteiger partial charge in [-0.2, -0.15) is 11.8 Å². The molecule has 1 N–H and O–H groups in total. The molecule has 3 nitrogen and oxygen atoms in total. The van der Waals surface area contributed by atoms with E-state index >= 15 is 0 Å². The molecule has 0 saturated heterocycles. The van der Waals surface area contributed by atoms with Gasteiger partial charge in [-0.05, 0) is 30.9 Å². The smallest absolute Gasteiger partial charge is 0.337 e. The molecule has 1 rings (SSSR count). The molecule has 0 aliphatic heterocycles. The predicted molar refractivity (Wildman–Crippen MR) is 72.5 cm³/mol. The summed E-state index contributed by atoms with van der Waals surface area (Å²) in [5.41, 5.74) is 1.76. The summed E-state index contributed by atoms with van der Waals surface area (Å²) in [5, 5.41) is 3.43. The van der Waals surface area contributed by atoms with E-state index in [2.05, 4.69) is 23.2 Å². The zero-order valence-corrected chi connectivity index (χ0v) is 11.3. The summed E-state index contributed by atoms with van der Waals surface area (Å²) in [6.07, 6.45) is 2.10. The third kappa shape index (κ3) is 4.79. The molecule has 0 bridgehead atoms. The molecule has 94 valence electrons. The number of thioether (sulfide) groups is 1. The molecule has 0 aromatic heterocycles. The first kappa shape index (κ1) is 14.1. The first-order chi connectivity index (χ1) is 8.17. The van der Waals surface area contributed by atoms with Crippen LogP contribution in [0.15, 0.2) is 24.3 Å². The fourth-order valence-electron chi connectivity index (χ4n) is 1.48. The molecule has 0 heterocycles. The standard InChI is InChI=1S/C13H19NO2S/c1-10(9-17-3)14-8-11-4-6-12(7-5-11)13(15)16-2/h4-7,10,14H,8-9H2,1-3H3. The van der Waals surface area contributed by atoms with Crippen LogP contribution in [0.3, 0.4) is 0 Å². The number of hydrogen-bond acceptors (Lipinski definition) is 4. The zero-order valence-electron chi connectivity index (χ0n) is 10.5. The summed E-state index contributed by atoms with van der Waals surface area (Å²) in [4.78, 5) is 11.2. The predicted octanol–water partition coefficient (Wildman–Crippen LogP) is 2.31. The maximum atomic E-state index is 11.2. The number of nitrogens with one attached hydrogen (secondary N) is 1. The molecule has 0 radical (unpaired) electrons. The minimum atomic E-state index is -0.291. The Bertz CT molecular complexity index is 351. The van der Waals surface area contributed by atoms with Crippen LogP contribution in [0.25, 0.3) is 0 Å². The monoisotopic (exact) mass is 253 g/mol. The largest absolute Gasteiger partial charge is 0.465 e. The lowest BCUT2D eigenvalue weighted by Crippen LogP contribution is -2.27. The molecule has 0 aliphatic carbocycles. The zero-order chi connectivity index (χ0) is 12.7. The van der Waals surface area contributed by atoms with Gasteiger partial charge in [0.2, 0.25) is 0 Å². The lowest BCUT2D eigenvalue weighted by atomic mass is 10.1. The minimum Gasteiger partial charge on any atom is -0.465 e. The summed E-state index contributed by atoms with van der Waals surface area (Å²) >= 11 is 1.83. The first-order valence-corrected chi connectivity index (χ1v) is 6.96. The summed E-state index contributed by atoms with van der Waals surface area (Å²) < 4.78 is 4.65. The Hall–Kier alpha value is -1.00. The molecule has 1 aromatic carbocycles. The average molecular weight is 253 g/mol. The molecule has 0 aliphatic rings. The van der Waals surface area contributed by atoms with Gasteiger partial charge in [0.1, 0.15) is 0 Å². The van der Waals surface area contributed by atoms with Crippen LogP contribution in [0, 0.1) is 0 Å². The van der Waals surface area contributed by atoms with Crippen LogP contribution in [-0.2, 0) is 11.3 Å². The molecule has 0 amide bonds. The summed E-state index contributed by atoms with van der Waals surface area (Å²) in [6.45, 7) is 2.99. The number of ether oxygens (including phenoxy) is 1. The van der Waals surface area contributed by atoms with Crippen molar-refractivity contribution < 1.29 is 9.53 Å². The number of carbonyl (C=O) groups is 1. The normalized spacial score (nSPS) is 12.2. The van der Waals surface area contributed by atoms with Gasteiger partial charge in [0.15, 0.2) is 0 Å². The van der Waals surface area contributed by atoms with Gasteiger partial charge >= 0.3 is 5.97 Å². The van der Waals surface area contributed by atoms with Crippen molar-refractivity contribution >= 4 is 17.7 Å². The van der Waals surface area contributed by atoms with Crippen LogP contribution in [-0.4, -0.2) is 31.1 Å². The van der Waals surface area contributed by atoms with Crippen LogP contribution in [0.5, 0.6) is 0 Å². The van der Waals surface area contributed by atoms with Crippen LogP contribution < -0.4 is 5.32 Å². The van der Waals surface area contributed by atoms with E-state index in [0.29, 0.717) is 11.6 Å². The third-order valence-electron chi connectivity index (χ3n) is 2.45. The maximum absolute atomic E-state index is 11.2. The second kappa shape index (κ2) is 7.35. The van der Waals surface area contributed by atoms with Crippen molar-refractivity contribution in [3.63, 3.8) is 0 Å². The Morgan fingerprint density at radius 3 is 2.59 bits per heavy atom. The van der Waals surface area contributed by atoms with Crippen LogP contribution >= 0.6 is 11.8 Å². The van der Waals surface area contributed by atoms with Crippen LogP contribution in [0.2, 0.25) is 0 Å². The topological polar surface area (TPSA) is 38.3 Å². The van der Waals surface area contributed by atoms with Crippen LogP contribution in [0.4, 0.5) is 0 Å². The highest BCUT2D eigenvalue weighted by atomic mass is 32.2. The lowest BCUT2D eigenvalue weighted by molar-refractivity contribution is 0.0600. The van der Waals surface area contributed by atoms with E-state index in [0.717, 1.165) is 12.3 Å². The Labute approximate surface area is 107 Å². The van der Waals surface area contributed by atoms with Crippen molar-refractivity contribution in [1.29, 1.82) is 0 Å². The number of methoxy groups -OCH3 is 1. The van der Waals surface area contributed by atoms with E-state index in [1.807, 2.05) is 23.9 Å². The number of esters is 1. The quantitative estimate of drug-likeness (QED) is 0.790. The Kier molecular flexibility index (Phi) is 6.08. The molecule has 4 heteroatoms.